The highest BCUT2D eigenvalue weighted by atomic mass is 16.2. The third-order valence-electron chi connectivity index (χ3n) is 1.70. The van der Waals surface area contributed by atoms with E-state index in [1.807, 2.05) is 25.8 Å². The first-order chi connectivity index (χ1) is 5.63. The highest BCUT2D eigenvalue weighted by Gasteiger charge is 2.24. The highest BCUT2D eigenvalue weighted by Crippen LogP contribution is 2.13. The summed E-state index contributed by atoms with van der Waals surface area (Å²) in [6.07, 6.45) is 0.614. The predicted molar refractivity (Wildman–Crippen MR) is 50.3 cm³/mol. The molecule has 1 rings (SSSR count). The van der Waals surface area contributed by atoms with Crippen molar-refractivity contribution in [2.45, 2.75) is 27.2 Å². The summed E-state index contributed by atoms with van der Waals surface area (Å²) in [5.74, 6) is 0.169. The number of rotatable bonds is 1. The summed E-state index contributed by atoms with van der Waals surface area (Å²) in [5, 5.41) is 3.49. The molecule has 0 radical (unpaired) electrons. The van der Waals surface area contributed by atoms with Crippen LogP contribution in [0.15, 0.2) is 12.3 Å². The van der Waals surface area contributed by atoms with Gasteiger partial charge in [0.15, 0.2) is 0 Å². The van der Waals surface area contributed by atoms with E-state index in [1.165, 1.54) is 0 Å². The maximum Gasteiger partial charge on any atom is 0.242 e. The van der Waals surface area contributed by atoms with Crippen molar-refractivity contribution in [3.63, 3.8) is 0 Å². The van der Waals surface area contributed by atoms with Gasteiger partial charge in [-0.15, -0.1) is 0 Å². The van der Waals surface area contributed by atoms with E-state index in [1.54, 1.807) is 12.1 Å². The van der Waals surface area contributed by atoms with Gasteiger partial charge in [0.25, 0.3) is 0 Å². The van der Waals surface area contributed by atoms with Gasteiger partial charge in [0.05, 0.1) is 0 Å². The molecule has 0 aromatic carbocycles. The van der Waals surface area contributed by atoms with Gasteiger partial charge >= 0.3 is 0 Å². The van der Waals surface area contributed by atoms with Crippen molar-refractivity contribution >= 4 is 5.91 Å². The smallest absolute Gasteiger partial charge is 0.242 e. The molecule has 70 valence electrons. The number of carbonyl (C=O) groups is 1. The Morgan fingerprint density at radius 1 is 1.50 bits per heavy atom. The Morgan fingerprint density at radius 3 is 2.17 bits per heavy atom. The van der Waals surface area contributed by atoms with E-state index in [9.17, 15) is 4.79 Å². The van der Waals surface area contributed by atoms with Crippen molar-refractivity contribution in [2.24, 2.45) is 0 Å². The van der Waals surface area contributed by atoms with Crippen molar-refractivity contribution in [1.82, 2.24) is 10.0 Å². The molecule has 0 bridgehead atoms. The van der Waals surface area contributed by atoms with E-state index in [0.717, 1.165) is 12.2 Å². The molecule has 1 aliphatic rings. The number of hydrogen-bond acceptors (Lipinski definition) is 2. The lowest BCUT2D eigenvalue weighted by Crippen LogP contribution is -2.33. The second-order valence-corrected chi connectivity index (χ2v) is 2.53. The van der Waals surface area contributed by atoms with Crippen LogP contribution in [-0.2, 0) is 4.79 Å². The molecule has 1 saturated heterocycles. The van der Waals surface area contributed by atoms with E-state index < -0.39 is 0 Å². The van der Waals surface area contributed by atoms with Gasteiger partial charge in [-0.05, 0) is 6.92 Å². The van der Waals surface area contributed by atoms with Crippen molar-refractivity contribution in [3.05, 3.63) is 12.3 Å². The molecule has 0 atom stereocenters. The van der Waals surface area contributed by atoms with Crippen LogP contribution in [0.2, 0.25) is 0 Å². The summed E-state index contributed by atoms with van der Waals surface area (Å²) in [6.45, 7) is 10.4. The average molecular weight is 170 g/mol. The van der Waals surface area contributed by atoms with Crippen LogP contribution >= 0.6 is 0 Å². The Balaban J connectivity index is 0.000000561. The first kappa shape index (κ1) is 11.0. The van der Waals surface area contributed by atoms with E-state index in [4.69, 9.17) is 0 Å². The fourth-order valence-electron chi connectivity index (χ4n) is 1.09. The Bertz CT molecular complexity index is 177. The number of nitrogens with zero attached hydrogens (tertiary/aromatic N) is 2. The van der Waals surface area contributed by atoms with E-state index in [2.05, 4.69) is 6.58 Å². The van der Waals surface area contributed by atoms with Gasteiger partial charge in [-0.3, -0.25) is 14.8 Å². The standard InChI is InChI=1S/C7H12N2O.C2H6/c1-6(2)9-5-4-7(10)8(9)3;1-2/h1,4-5H2,2-3H3;1-2H3. The van der Waals surface area contributed by atoms with Crippen molar-refractivity contribution in [2.75, 3.05) is 13.6 Å². The van der Waals surface area contributed by atoms with E-state index >= 15 is 0 Å². The van der Waals surface area contributed by atoms with Crippen LogP contribution < -0.4 is 0 Å². The van der Waals surface area contributed by atoms with Gasteiger partial charge in [0.1, 0.15) is 0 Å². The molecular formula is C9H18N2O. The zero-order valence-corrected chi connectivity index (χ0v) is 8.42. The van der Waals surface area contributed by atoms with Gasteiger partial charge in [-0.1, -0.05) is 20.4 Å². The first-order valence-corrected chi connectivity index (χ1v) is 4.32. The molecule has 1 heterocycles. The maximum atomic E-state index is 10.9. The fourth-order valence-corrected chi connectivity index (χ4v) is 1.09. The van der Waals surface area contributed by atoms with Crippen LogP contribution in [0, 0.1) is 0 Å². The monoisotopic (exact) mass is 170 g/mol. The van der Waals surface area contributed by atoms with Crippen LogP contribution in [0.5, 0.6) is 0 Å². The largest absolute Gasteiger partial charge is 0.288 e. The second-order valence-electron chi connectivity index (χ2n) is 2.53. The number of hydrogen-bond donors (Lipinski definition) is 0. The maximum absolute atomic E-state index is 10.9. The normalized spacial score (nSPS) is 15.8. The average Bonchev–Trinajstić information content (AvgIpc) is 2.37. The third-order valence-corrected chi connectivity index (χ3v) is 1.70. The SMILES string of the molecule is C=C(C)N1CCC(=O)N1C.CC. The second kappa shape index (κ2) is 4.80. The summed E-state index contributed by atoms with van der Waals surface area (Å²) in [5.41, 5.74) is 0.924. The molecule has 3 heteroatoms. The van der Waals surface area contributed by atoms with Crippen LogP contribution in [0.1, 0.15) is 27.2 Å². The van der Waals surface area contributed by atoms with Gasteiger partial charge in [-0.25, -0.2) is 0 Å². The summed E-state index contributed by atoms with van der Waals surface area (Å²) in [6, 6.07) is 0. The number of amides is 1. The molecule has 12 heavy (non-hydrogen) atoms. The molecular weight excluding hydrogens is 152 g/mol. The zero-order valence-electron chi connectivity index (χ0n) is 8.42. The van der Waals surface area contributed by atoms with Gasteiger partial charge in [0.2, 0.25) is 5.91 Å². The third kappa shape index (κ3) is 2.26. The summed E-state index contributed by atoms with van der Waals surface area (Å²) in [7, 11) is 1.77. The fraction of sp³-hybridized carbons (Fsp3) is 0.667. The minimum Gasteiger partial charge on any atom is -0.288 e. The predicted octanol–water partition coefficient (Wildman–Crippen LogP) is 1.63. The van der Waals surface area contributed by atoms with Crippen LogP contribution in [0.4, 0.5) is 0 Å². The van der Waals surface area contributed by atoms with Crippen molar-refractivity contribution < 1.29 is 4.79 Å². The van der Waals surface area contributed by atoms with Gasteiger partial charge < -0.3 is 0 Å². The minimum absolute atomic E-state index is 0.169. The lowest BCUT2D eigenvalue weighted by Gasteiger charge is -2.25. The molecule has 0 unspecified atom stereocenters. The number of allylic oxidation sites excluding steroid dienone is 1. The molecule has 0 aliphatic carbocycles. The highest BCUT2D eigenvalue weighted by molar-refractivity contribution is 5.77. The Labute approximate surface area is 74.6 Å². The first-order valence-electron chi connectivity index (χ1n) is 4.32. The Morgan fingerprint density at radius 2 is 2.00 bits per heavy atom. The summed E-state index contributed by atoms with van der Waals surface area (Å²) < 4.78 is 0. The molecule has 0 aromatic rings. The Kier molecular flexibility index (Phi) is 4.40. The molecule has 1 amide bonds. The van der Waals surface area contributed by atoms with Gasteiger partial charge in [-0.2, -0.15) is 0 Å². The molecule has 0 aromatic heterocycles. The van der Waals surface area contributed by atoms with E-state index in [0.29, 0.717) is 6.42 Å². The number of hydrazine groups is 1. The summed E-state index contributed by atoms with van der Waals surface area (Å²) >= 11 is 0. The lowest BCUT2D eigenvalue weighted by atomic mass is 10.4. The van der Waals surface area contributed by atoms with E-state index in [-0.39, 0.29) is 5.91 Å². The molecule has 1 aliphatic heterocycles. The van der Waals surface area contributed by atoms with Gasteiger partial charge in [0, 0.05) is 25.7 Å². The molecule has 0 N–H and O–H groups in total. The summed E-state index contributed by atoms with van der Waals surface area (Å²) in [4.78, 5) is 10.9. The molecule has 0 saturated carbocycles. The quantitative estimate of drug-likeness (QED) is 0.597. The molecule has 3 nitrogen and oxygen atoms in total. The molecule has 0 spiro atoms. The molecule has 1 fully saturated rings. The van der Waals surface area contributed by atoms with Crippen LogP contribution in [-0.4, -0.2) is 29.5 Å². The lowest BCUT2D eigenvalue weighted by molar-refractivity contribution is -0.133. The zero-order chi connectivity index (χ0) is 9.72. The Hall–Kier alpha value is -0.990. The van der Waals surface area contributed by atoms with Crippen LogP contribution in [0.3, 0.4) is 0 Å². The van der Waals surface area contributed by atoms with Crippen LogP contribution in [0.25, 0.3) is 0 Å². The van der Waals surface area contributed by atoms with Crippen molar-refractivity contribution in [3.8, 4) is 0 Å². The number of carbonyl (C=O) groups excluding carboxylic acids is 1. The minimum atomic E-state index is 0.169. The topological polar surface area (TPSA) is 23.6 Å². The van der Waals surface area contributed by atoms with Crippen molar-refractivity contribution in [1.29, 1.82) is 0 Å².